The number of hydrogen-bond acceptors (Lipinski definition) is 3. The van der Waals surface area contributed by atoms with Crippen LogP contribution in [0.3, 0.4) is 0 Å². The summed E-state index contributed by atoms with van der Waals surface area (Å²) in [5, 5.41) is 1.05. The number of methoxy groups -OCH3 is 1. The van der Waals surface area contributed by atoms with E-state index in [1.165, 1.54) is 0 Å². The van der Waals surface area contributed by atoms with Gasteiger partial charge in [-0.2, -0.15) is 0 Å². The molecule has 0 saturated heterocycles. The number of aromatic nitrogens is 1. The minimum absolute atomic E-state index is 0.232. The summed E-state index contributed by atoms with van der Waals surface area (Å²) in [5.74, 6) is 0.609. The molecule has 2 aromatic rings. The lowest BCUT2D eigenvalue weighted by Gasteiger charge is -2.15. The Kier molecular flexibility index (Phi) is 4.64. The zero-order chi connectivity index (χ0) is 13.8. The molecule has 1 aromatic carbocycles. The van der Waals surface area contributed by atoms with E-state index in [1.54, 1.807) is 19.4 Å². The predicted octanol–water partition coefficient (Wildman–Crippen LogP) is 3.64. The van der Waals surface area contributed by atoms with E-state index in [1.807, 2.05) is 24.3 Å². The molecule has 0 amide bonds. The van der Waals surface area contributed by atoms with Crippen molar-refractivity contribution in [2.45, 2.75) is 12.5 Å². The highest BCUT2D eigenvalue weighted by Crippen LogP contribution is 2.34. The van der Waals surface area contributed by atoms with Crippen molar-refractivity contribution in [3.8, 4) is 5.75 Å². The topological polar surface area (TPSA) is 48.1 Å². The van der Waals surface area contributed by atoms with Gasteiger partial charge in [0.2, 0.25) is 0 Å². The maximum absolute atomic E-state index is 6.15. The van der Waals surface area contributed by atoms with Crippen molar-refractivity contribution in [2.24, 2.45) is 5.73 Å². The van der Waals surface area contributed by atoms with Gasteiger partial charge < -0.3 is 10.5 Å². The smallest absolute Gasteiger partial charge is 0.140 e. The van der Waals surface area contributed by atoms with E-state index in [4.69, 9.17) is 33.7 Å². The van der Waals surface area contributed by atoms with E-state index < -0.39 is 0 Å². The summed E-state index contributed by atoms with van der Waals surface area (Å²) < 4.78 is 5.30. The summed E-state index contributed by atoms with van der Waals surface area (Å²) in [5.41, 5.74) is 7.84. The van der Waals surface area contributed by atoms with Crippen molar-refractivity contribution < 1.29 is 4.74 Å². The highest BCUT2D eigenvalue weighted by Gasteiger charge is 2.15. The van der Waals surface area contributed by atoms with Crippen molar-refractivity contribution >= 4 is 23.2 Å². The van der Waals surface area contributed by atoms with Crippen molar-refractivity contribution in [1.82, 2.24) is 4.98 Å². The lowest BCUT2D eigenvalue weighted by atomic mass is 10.0. The molecule has 2 N–H and O–H groups in total. The summed E-state index contributed by atoms with van der Waals surface area (Å²) in [4.78, 5) is 4.24. The SMILES string of the molecule is COc1c(Cl)cc(Cl)cc1CC(N)c1ccccn1. The molecule has 0 bridgehead atoms. The number of rotatable bonds is 4. The van der Waals surface area contributed by atoms with Crippen molar-refractivity contribution in [1.29, 1.82) is 0 Å². The summed E-state index contributed by atoms with van der Waals surface area (Å²) in [6, 6.07) is 8.89. The van der Waals surface area contributed by atoms with Gasteiger partial charge in [-0.3, -0.25) is 4.98 Å². The summed E-state index contributed by atoms with van der Waals surface area (Å²) in [6.45, 7) is 0. The highest BCUT2D eigenvalue weighted by molar-refractivity contribution is 6.35. The monoisotopic (exact) mass is 296 g/mol. The van der Waals surface area contributed by atoms with Crippen LogP contribution in [-0.4, -0.2) is 12.1 Å². The molecular formula is C14H14Cl2N2O. The second-order valence-corrected chi connectivity index (χ2v) is 4.99. The normalized spacial score (nSPS) is 12.2. The molecule has 0 aliphatic carbocycles. The lowest BCUT2D eigenvalue weighted by Crippen LogP contribution is -2.15. The summed E-state index contributed by atoms with van der Waals surface area (Å²) >= 11 is 12.1. The van der Waals surface area contributed by atoms with Gasteiger partial charge in [-0.1, -0.05) is 29.3 Å². The van der Waals surface area contributed by atoms with Crippen LogP contribution in [0.4, 0.5) is 0 Å². The van der Waals surface area contributed by atoms with Gasteiger partial charge in [-0.05, 0) is 36.2 Å². The molecule has 5 heteroatoms. The summed E-state index contributed by atoms with van der Waals surface area (Å²) in [6.07, 6.45) is 2.28. The highest BCUT2D eigenvalue weighted by atomic mass is 35.5. The van der Waals surface area contributed by atoms with Crippen molar-refractivity contribution in [2.75, 3.05) is 7.11 Å². The van der Waals surface area contributed by atoms with Crippen LogP contribution in [0, 0.1) is 0 Å². The Morgan fingerprint density at radius 2 is 2.11 bits per heavy atom. The fourth-order valence-corrected chi connectivity index (χ4v) is 2.54. The van der Waals surface area contributed by atoms with Crippen LogP contribution in [0.5, 0.6) is 5.75 Å². The maximum atomic E-state index is 6.15. The largest absolute Gasteiger partial charge is 0.495 e. The first-order valence-corrected chi connectivity index (χ1v) is 6.56. The zero-order valence-electron chi connectivity index (χ0n) is 10.4. The Morgan fingerprint density at radius 1 is 1.32 bits per heavy atom. The van der Waals surface area contributed by atoms with E-state index in [-0.39, 0.29) is 6.04 Å². The molecule has 1 heterocycles. The number of pyridine rings is 1. The zero-order valence-corrected chi connectivity index (χ0v) is 11.9. The Balaban J connectivity index is 2.28. The van der Waals surface area contributed by atoms with Crippen LogP contribution in [0.1, 0.15) is 17.3 Å². The average Bonchev–Trinajstić information content (AvgIpc) is 2.39. The fraction of sp³-hybridized carbons (Fsp3) is 0.214. The molecule has 0 spiro atoms. The molecule has 100 valence electrons. The molecule has 1 unspecified atom stereocenters. The number of nitrogens with zero attached hydrogens (tertiary/aromatic N) is 1. The van der Waals surface area contributed by atoms with Crippen LogP contribution in [0.2, 0.25) is 10.0 Å². The summed E-state index contributed by atoms with van der Waals surface area (Å²) in [7, 11) is 1.57. The van der Waals surface area contributed by atoms with Crippen LogP contribution in [-0.2, 0) is 6.42 Å². The van der Waals surface area contributed by atoms with Crippen LogP contribution < -0.4 is 10.5 Å². The van der Waals surface area contributed by atoms with Gasteiger partial charge in [0.05, 0.1) is 23.9 Å². The number of ether oxygens (including phenoxy) is 1. The molecule has 0 fully saturated rings. The molecule has 19 heavy (non-hydrogen) atoms. The van der Waals surface area contributed by atoms with Gasteiger partial charge in [-0.15, -0.1) is 0 Å². The average molecular weight is 297 g/mol. The third-order valence-electron chi connectivity index (χ3n) is 2.80. The number of hydrogen-bond donors (Lipinski definition) is 1. The van der Waals surface area contributed by atoms with Crippen LogP contribution in [0.15, 0.2) is 36.5 Å². The van der Waals surface area contributed by atoms with E-state index in [9.17, 15) is 0 Å². The molecule has 0 saturated carbocycles. The van der Waals surface area contributed by atoms with Crippen LogP contribution >= 0.6 is 23.2 Å². The molecule has 0 radical (unpaired) electrons. The molecule has 0 aliphatic heterocycles. The number of benzene rings is 1. The number of nitrogens with two attached hydrogens (primary N) is 1. The Bertz CT molecular complexity index is 561. The Hall–Kier alpha value is -1.29. The van der Waals surface area contributed by atoms with Gasteiger partial charge in [0.15, 0.2) is 0 Å². The third kappa shape index (κ3) is 3.38. The quantitative estimate of drug-likeness (QED) is 0.937. The van der Waals surface area contributed by atoms with E-state index >= 15 is 0 Å². The molecule has 2 rings (SSSR count). The Labute approximate surface area is 122 Å². The molecule has 1 aromatic heterocycles. The predicted molar refractivity (Wildman–Crippen MR) is 77.9 cm³/mol. The first-order valence-electron chi connectivity index (χ1n) is 5.80. The van der Waals surface area contributed by atoms with Crippen LogP contribution in [0.25, 0.3) is 0 Å². The second kappa shape index (κ2) is 6.24. The van der Waals surface area contributed by atoms with Gasteiger partial charge in [-0.25, -0.2) is 0 Å². The van der Waals surface area contributed by atoms with Crippen molar-refractivity contribution in [3.05, 3.63) is 57.8 Å². The van der Waals surface area contributed by atoms with Gasteiger partial charge in [0.25, 0.3) is 0 Å². The minimum atomic E-state index is -0.232. The fourth-order valence-electron chi connectivity index (χ4n) is 1.93. The molecule has 0 aliphatic rings. The Morgan fingerprint density at radius 3 is 2.74 bits per heavy atom. The first-order chi connectivity index (χ1) is 9.11. The van der Waals surface area contributed by atoms with Gasteiger partial charge in [0.1, 0.15) is 5.75 Å². The molecule has 1 atom stereocenters. The lowest BCUT2D eigenvalue weighted by molar-refractivity contribution is 0.408. The van der Waals surface area contributed by atoms with Crippen molar-refractivity contribution in [3.63, 3.8) is 0 Å². The van der Waals surface area contributed by atoms with Gasteiger partial charge >= 0.3 is 0 Å². The van der Waals surface area contributed by atoms with E-state index in [0.717, 1.165) is 11.3 Å². The standard InChI is InChI=1S/C14H14Cl2N2O/c1-19-14-9(6-10(15)8-11(14)16)7-12(17)13-4-2-3-5-18-13/h2-6,8,12H,7,17H2,1H3. The minimum Gasteiger partial charge on any atom is -0.495 e. The molecule has 3 nitrogen and oxygen atoms in total. The third-order valence-corrected chi connectivity index (χ3v) is 3.30. The first kappa shape index (κ1) is 14.1. The maximum Gasteiger partial charge on any atom is 0.140 e. The van der Waals surface area contributed by atoms with E-state index in [0.29, 0.717) is 22.2 Å². The number of halogens is 2. The van der Waals surface area contributed by atoms with E-state index in [2.05, 4.69) is 4.98 Å². The second-order valence-electron chi connectivity index (χ2n) is 4.15. The molecular weight excluding hydrogens is 283 g/mol. The van der Waals surface area contributed by atoms with Gasteiger partial charge in [0, 0.05) is 11.2 Å².